The Balaban J connectivity index is 1.40. The van der Waals surface area contributed by atoms with E-state index >= 15 is 0 Å². The Morgan fingerprint density at radius 2 is 1.80 bits per heavy atom. The van der Waals surface area contributed by atoms with Crippen molar-refractivity contribution in [3.05, 3.63) is 76.7 Å². The Bertz CT molecular complexity index is 1420. The van der Waals surface area contributed by atoms with Crippen molar-refractivity contribution in [3.63, 3.8) is 0 Å². The summed E-state index contributed by atoms with van der Waals surface area (Å²) in [6.45, 7) is 1.34. The molecule has 0 aliphatic carbocycles. The zero-order valence-corrected chi connectivity index (χ0v) is 19.0. The minimum Gasteiger partial charge on any atom is -0.434 e. The number of rotatable bonds is 5. The van der Waals surface area contributed by atoms with Crippen molar-refractivity contribution in [1.29, 1.82) is 0 Å². The molecule has 2 aliphatic rings. The number of hydrogen-bond acceptors (Lipinski definition) is 5. The van der Waals surface area contributed by atoms with E-state index in [1.807, 2.05) is 41.2 Å². The van der Waals surface area contributed by atoms with Crippen LogP contribution in [0.5, 0.6) is 5.75 Å². The fourth-order valence-corrected chi connectivity index (χ4v) is 5.24. The van der Waals surface area contributed by atoms with Gasteiger partial charge < -0.3 is 15.0 Å². The molecule has 1 fully saturated rings. The Labute approximate surface area is 200 Å². The molecule has 7 nitrogen and oxygen atoms in total. The second-order valence-corrected chi connectivity index (χ2v) is 8.87. The maximum absolute atomic E-state index is 13.1. The third-order valence-electron chi connectivity index (χ3n) is 6.90. The van der Waals surface area contributed by atoms with Crippen LogP contribution in [0, 0.1) is 0 Å². The summed E-state index contributed by atoms with van der Waals surface area (Å²) in [6.07, 6.45) is 2.49. The lowest BCUT2D eigenvalue weighted by Gasteiger charge is -2.28. The van der Waals surface area contributed by atoms with Crippen molar-refractivity contribution in [2.75, 3.05) is 31.1 Å². The van der Waals surface area contributed by atoms with Crippen molar-refractivity contribution >= 4 is 16.7 Å². The first-order chi connectivity index (χ1) is 17.1. The second-order valence-electron chi connectivity index (χ2n) is 8.87. The first kappa shape index (κ1) is 21.8. The van der Waals surface area contributed by atoms with Crippen LogP contribution in [-0.4, -0.2) is 47.1 Å². The van der Waals surface area contributed by atoms with Crippen LogP contribution in [0.1, 0.15) is 18.0 Å². The average Bonchev–Trinajstić information content (AvgIpc) is 3.44. The molecule has 2 aliphatic heterocycles. The monoisotopic (exact) mass is 477 g/mol. The maximum atomic E-state index is 13.1. The number of alkyl halides is 2. The van der Waals surface area contributed by atoms with Gasteiger partial charge in [-0.25, -0.2) is 9.67 Å². The van der Waals surface area contributed by atoms with Crippen LogP contribution in [0.4, 0.5) is 14.6 Å². The third kappa shape index (κ3) is 3.85. The summed E-state index contributed by atoms with van der Waals surface area (Å²) in [5.74, 6) is 1.09. The smallest absolute Gasteiger partial charge is 0.387 e. The van der Waals surface area contributed by atoms with Crippen molar-refractivity contribution in [3.8, 4) is 16.9 Å². The lowest BCUT2D eigenvalue weighted by molar-refractivity contribution is -0.0507. The van der Waals surface area contributed by atoms with Gasteiger partial charge in [0.15, 0.2) is 0 Å². The van der Waals surface area contributed by atoms with Gasteiger partial charge in [-0.05, 0) is 42.3 Å². The number of ether oxygens (including phenoxy) is 1. The van der Waals surface area contributed by atoms with Crippen molar-refractivity contribution in [1.82, 2.24) is 19.7 Å². The van der Waals surface area contributed by atoms with Crippen LogP contribution in [0.15, 0.2) is 65.6 Å². The molecule has 1 atom stereocenters. The number of para-hydroxylation sites is 1. The lowest BCUT2D eigenvalue weighted by atomic mass is 10.0. The Kier molecular flexibility index (Phi) is 5.49. The highest BCUT2D eigenvalue weighted by Gasteiger charge is 2.30. The van der Waals surface area contributed by atoms with E-state index in [2.05, 4.69) is 15.2 Å². The molecule has 1 N–H and O–H groups in total. The summed E-state index contributed by atoms with van der Waals surface area (Å²) in [5.41, 5.74) is 3.24. The van der Waals surface area contributed by atoms with Gasteiger partial charge in [-0.3, -0.25) is 9.48 Å². The SMILES string of the molecule is O=c1c2ccc(-c3ccc(N4CCNCC4)nc3)cc2n2n1CCC2c1ccccc1OC(F)F. The first-order valence-corrected chi connectivity index (χ1v) is 11.8. The van der Waals surface area contributed by atoms with E-state index < -0.39 is 6.61 Å². The van der Waals surface area contributed by atoms with Gasteiger partial charge in [0, 0.05) is 50.0 Å². The van der Waals surface area contributed by atoms with Gasteiger partial charge in [-0.2, -0.15) is 8.78 Å². The molecule has 6 rings (SSSR count). The van der Waals surface area contributed by atoms with E-state index in [0.717, 1.165) is 48.6 Å². The molecular weight excluding hydrogens is 452 g/mol. The van der Waals surface area contributed by atoms with Crippen LogP contribution < -0.4 is 20.5 Å². The Morgan fingerprint density at radius 3 is 2.57 bits per heavy atom. The van der Waals surface area contributed by atoms with Gasteiger partial charge in [-0.1, -0.05) is 24.3 Å². The Hall–Kier alpha value is -3.72. The molecule has 2 aromatic carbocycles. The van der Waals surface area contributed by atoms with E-state index in [1.165, 1.54) is 0 Å². The molecule has 180 valence electrons. The predicted octanol–water partition coefficient (Wildman–Crippen LogP) is 3.87. The average molecular weight is 478 g/mol. The van der Waals surface area contributed by atoms with Gasteiger partial charge in [0.1, 0.15) is 11.6 Å². The lowest BCUT2D eigenvalue weighted by Crippen LogP contribution is -2.43. The summed E-state index contributed by atoms with van der Waals surface area (Å²) in [6, 6.07) is 16.4. The number of nitrogens with one attached hydrogen (secondary N) is 1. The molecule has 1 saturated heterocycles. The highest BCUT2D eigenvalue weighted by molar-refractivity contribution is 5.85. The zero-order valence-electron chi connectivity index (χ0n) is 19.0. The number of piperazine rings is 1. The summed E-state index contributed by atoms with van der Waals surface area (Å²) >= 11 is 0. The second kappa shape index (κ2) is 8.81. The molecule has 2 aromatic heterocycles. The largest absolute Gasteiger partial charge is 0.434 e. The molecule has 4 aromatic rings. The van der Waals surface area contributed by atoms with Gasteiger partial charge in [0.25, 0.3) is 5.56 Å². The summed E-state index contributed by atoms with van der Waals surface area (Å²) in [5, 5.41) is 3.95. The van der Waals surface area contributed by atoms with Crippen molar-refractivity contribution in [2.24, 2.45) is 0 Å². The topological polar surface area (TPSA) is 64.3 Å². The van der Waals surface area contributed by atoms with E-state index in [0.29, 0.717) is 23.9 Å². The van der Waals surface area contributed by atoms with Gasteiger partial charge >= 0.3 is 6.61 Å². The Morgan fingerprint density at radius 1 is 1.00 bits per heavy atom. The first-order valence-electron chi connectivity index (χ1n) is 11.8. The summed E-state index contributed by atoms with van der Waals surface area (Å²) in [4.78, 5) is 20.0. The zero-order chi connectivity index (χ0) is 23.9. The molecule has 1 unspecified atom stereocenters. The minimum absolute atomic E-state index is 0.0755. The molecule has 4 heterocycles. The standard InChI is InChI=1S/C26H25F2N5O2/c27-26(28)35-23-4-2-1-3-19(23)21-9-12-32-25(34)20-7-5-17(15-22(20)33(21)32)18-6-8-24(30-16-18)31-13-10-29-11-14-31/h1-8,15-16,21,26,29H,9-14H2. The molecule has 0 amide bonds. The number of benzene rings is 2. The summed E-state index contributed by atoms with van der Waals surface area (Å²) in [7, 11) is 0. The van der Waals surface area contributed by atoms with Crippen molar-refractivity contribution < 1.29 is 13.5 Å². The number of nitrogens with zero attached hydrogens (tertiary/aromatic N) is 4. The highest BCUT2D eigenvalue weighted by atomic mass is 19.3. The quantitative estimate of drug-likeness (QED) is 0.473. The van der Waals surface area contributed by atoms with Gasteiger partial charge in [0.05, 0.1) is 16.9 Å². The van der Waals surface area contributed by atoms with E-state index in [1.54, 1.807) is 28.9 Å². The van der Waals surface area contributed by atoms with Crippen LogP contribution in [0.25, 0.3) is 22.0 Å². The number of anilines is 1. The van der Waals surface area contributed by atoms with Crippen molar-refractivity contribution in [2.45, 2.75) is 25.6 Å². The van der Waals surface area contributed by atoms with E-state index in [-0.39, 0.29) is 17.4 Å². The molecule has 9 heteroatoms. The number of fused-ring (bicyclic) bond motifs is 3. The maximum Gasteiger partial charge on any atom is 0.387 e. The van der Waals surface area contributed by atoms with E-state index in [4.69, 9.17) is 4.74 Å². The molecule has 0 saturated carbocycles. The van der Waals surface area contributed by atoms with Gasteiger partial charge in [-0.15, -0.1) is 0 Å². The molecular formula is C26H25F2N5O2. The molecule has 35 heavy (non-hydrogen) atoms. The minimum atomic E-state index is -2.91. The molecule has 0 bridgehead atoms. The number of aromatic nitrogens is 3. The fourth-order valence-electron chi connectivity index (χ4n) is 5.24. The normalized spacial score (nSPS) is 17.8. The van der Waals surface area contributed by atoms with Crippen LogP contribution in [0.3, 0.4) is 0 Å². The predicted molar refractivity (Wildman–Crippen MR) is 130 cm³/mol. The molecule has 0 spiro atoms. The van der Waals surface area contributed by atoms with Gasteiger partial charge in [0.2, 0.25) is 0 Å². The highest BCUT2D eigenvalue weighted by Crippen LogP contribution is 2.37. The third-order valence-corrected chi connectivity index (χ3v) is 6.90. The number of hydrogen-bond donors (Lipinski definition) is 1. The van der Waals surface area contributed by atoms with Crippen LogP contribution in [-0.2, 0) is 6.54 Å². The van der Waals surface area contributed by atoms with E-state index in [9.17, 15) is 13.6 Å². The number of pyridine rings is 1. The fraction of sp³-hybridized carbons (Fsp3) is 0.308. The molecule has 0 radical (unpaired) electrons. The number of halogens is 2. The van der Waals surface area contributed by atoms with Crippen LogP contribution >= 0.6 is 0 Å². The van der Waals surface area contributed by atoms with Crippen LogP contribution in [0.2, 0.25) is 0 Å². The summed E-state index contributed by atoms with van der Waals surface area (Å²) < 4.78 is 34.5.